The fraction of sp³-hybridized carbons (Fsp3) is 0.222. The van der Waals surface area contributed by atoms with Crippen LogP contribution in [0.1, 0.15) is 12.5 Å². The Labute approximate surface area is 144 Å². The molecule has 0 bridgehead atoms. The molecule has 1 aliphatic heterocycles. The summed E-state index contributed by atoms with van der Waals surface area (Å²) in [4.78, 5) is 25.4. The van der Waals surface area contributed by atoms with Crippen LogP contribution in [0.25, 0.3) is 0 Å². The third kappa shape index (κ3) is 3.55. The van der Waals surface area contributed by atoms with E-state index in [-0.39, 0.29) is 17.8 Å². The van der Waals surface area contributed by atoms with Crippen molar-refractivity contribution in [1.82, 2.24) is 0 Å². The lowest BCUT2D eigenvalue weighted by Gasteiger charge is -2.19. The van der Waals surface area contributed by atoms with Crippen LogP contribution in [-0.2, 0) is 11.2 Å². The maximum Gasteiger partial charge on any atom is 0.326 e. The summed E-state index contributed by atoms with van der Waals surface area (Å²) in [5, 5.41) is 5.45. The average Bonchev–Trinajstić information content (AvgIpc) is 2.97. The van der Waals surface area contributed by atoms with Gasteiger partial charge in [0.2, 0.25) is 5.91 Å². The zero-order valence-corrected chi connectivity index (χ0v) is 13.9. The van der Waals surface area contributed by atoms with E-state index in [9.17, 15) is 14.0 Å². The number of hydrogen-bond donors (Lipinski definition) is 2. The summed E-state index contributed by atoms with van der Waals surface area (Å²) in [5.41, 5.74) is 2.48. The first-order valence-corrected chi connectivity index (χ1v) is 7.80. The van der Waals surface area contributed by atoms with Crippen molar-refractivity contribution in [2.45, 2.75) is 13.3 Å². The predicted molar refractivity (Wildman–Crippen MR) is 93.8 cm³/mol. The zero-order valence-electron chi connectivity index (χ0n) is 13.9. The molecule has 1 heterocycles. The lowest BCUT2D eigenvalue weighted by atomic mass is 10.2. The Kier molecular flexibility index (Phi) is 4.56. The molecule has 0 atom stereocenters. The van der Waals surface area contributed by atoms with Gasteiger partial charge >= 0.3 is 6.03 Å². The maximum atomic E-state index is 13.3. The third-order valence-electron chi connectivity index (χ3n) is 3.94. The van der Waals surface area contributed by atoms with E-state index in [1.165, 1.54) is 26.2 Å². The van der Waals surface area contributed by atoms with Crippen LogP contribution in [0, 0.1) is 5.82 Å². The first kappa shape index (κ1) is 16.8. The second-order valence-electron chi connectivity index (χ2n) is 5.70. The summed E-state index contributed by atoms with van der Waals surface area (Å²) < 4.78 is 18.6. The number of nitrogens with one attached hydrogen (secondary N) is 2. The normalized spacial score (nSPS) is 12.5. The molecule has 0 saturated heterocycles. The van der Waals surface area contributed by atoms with Crippen LogP contribution >= 0.6 is 0 Å². The number of benzene rings is 2. The van der Waals surface area contributed by atoms with Crippen LogP contribution in [0.2, 0.25) is 0 Å². The Bertz CT molecular complexity index is 838. The number of hydrogen-bond acceptors (Lipinski definition) is 3. The van der Waals surface area contributed by atoms with Crippen LogP contribution in [-0.4, -0.2) is 25.6 Å². The molecule has 2 N–H and O–H groups in total. The van der Waals surface area contributed by atoms with Crippen molar-refractivity contribution < 1.29 is 18.7 Å². The fourth-order valence-electron chi connectivity index (χ4n) is 2.85. The molecule has 25 heavy (non-hydrogen) atoms. The van der Waals surface area contributed by atoms with Crippen molar-refractivity contribution >= 4 is 29.0 Å². The molecule has 7 heteroatoms. The predicted octanol–water partition coefficient (Wildman–Crippen LogP) is 3.39. The number of halogens is 1. The molecular formula is C18H18FN3O3. The van der Waals surface area contributed by atoms with Gasteiger partial charge in [0.25, 0.3) is 0 Å². The third-order valence-corrected chi connectivity index (χ3v) is 3.94. The van der Waals surface area contributed by atoms with E-state index in [1.54, 1.807) is 29.2 Å². The highest BCUT2D eigenvalue weighted by atomic mass is 19.1. The minimum atomic E-state index is -0.344. The summed E-state index contributed by atoms with van der Waals surface area (Å²) in [6, 6.07) is 9.01. The van der Waals surface area contributed by atoms with Crippen LogP contribution in [0.3, 0.4) is 0 Å². The van der Waals surface area contributed by atoms with Gasteiger partial charge < -0.3 is 15.4 Å². The van der Waals surface area contributed by atoms with Crippen molar-refractivity contribution in [3.05, 3.63) is 47.8 Å². The Hall–Kier alpha value is -3.09. The fourth-order valence-corrected chi connectivity index (χ4v) is 2.85. The lowest BCUT2D eigenvalue weighted by molar-refractivity contribution is -0.114. The van der Waals surface area contributed by atoms with Crippen LogP contribution in [0.4, 0.5) is 26.2 Å². The molecule has 0 unspecified atom stereocenters. The average molecular weight is 343 g/mol. The van der Waals surface area contributed by atoms with E-state index in [0.29, 0.717) is 35.8 Å². The van der Waals surface area contributed by atoms with Crippen molar-refractivity contribution in [2.75, 3.05) is 29.2 Å². The van der Waals surface area contributed by atoms with Crippen molar-refractivity contribution in [2.24, 2.45) is 0 Å². The molecule has 6 nitrogen and oxygen atoms in total. The quantitative estimate of drug-likeness (QED) is 0.897. The summed E-state index contributed by atoms with van der Waals surface area (Å²) in [5.74, 6) is -0.0513. The van der Waals surface area contributed by atoms with Gasteiger partial charge in [0.05, 0.1) is 12.8 Å². The van der Waals surface area contributed by atoms with E-state index in [4.69, 9.17) is 4.74 Å². The van der Waals surface area contributed by atoms with Gasteiger partial charge in [0.1, 0.15) is 11.6 Å². The van der Waals surface area contributed by atoms with Crippen molar-refractivity contribution in [3.8, 4) is 5.75 Å². The van der Waals surface area contributed by atoms with Gasteiger partial charge in [-0.15, -0.1) is 0 Å². The SMILES string of the molecule is COc1ccc(NC(C)=O)cc1NC(=O)N1CCc2cc(F)ccc21. The van der Waals surface area contributed by atoms with Gasteiger partial charge in [-0.05, 0) is 48.4 Å². The largest absolute Gasteiger partial charge is 0.495 e. The number of rotatable bonds is 3. The summed E-state index contributed by atoms with van der Waals surface area (Å²) in [6.45, 7) is 1.88. The van der Waals surface area contributed by atoms with Crippen LogP contribution < -0.4 is 20.3 Å². The van der Waals surface area contributed by atoms with Crippen LogP contribution in [0.5, 0.6) is 5.75 Å². The van der Waals surface area contributed by atoms with Gasteiger partial charge in [0, 0.05) is 24.8 Å². The summed E-state index contributed by atoms with van der Waals surface area (Å²) >= 11 is 0. The molecule has 0 saturated carbocycles. The Morgan fingerprint density at radius 3 is 2.68 bits per heavy atom. The van der Waals surface area contributed by atoms with Gasteiger partial charge in [-0.1, -0.05) is 0 Å². The molecule has 2 aromatic rings. The standard InChI is InChI=1S/C18H18FN3O3/c1-11(23)20-14-4-6-17(25-2)15(10-14)21-18(24)22-8-7-12-9-13(19)3-5-16(12)22/h3-6,9-10H,7-8H2,1-2H3,(H,20,23)(H,21,24). The molecule has 3 amide bonds. The van der Waals surface area contributed by atoms with Gasteiger partial charge in [-0.3, -0.25) is 9.69 Å². The number of methoxy groups -OCH3 is 1. The van der Waals surface area contributed by atoms with E-state index in [2.05, 4.69) is 10.6 Å². The number of ether oxygens (including phenoxy) is 1. The molecule has 3 rings (SSSR count). The Morgan fingerprint density at radius 1 is 1.16 bits per heavy atom. The molecule has 1 aliphatic rings. The monoisotopic (exact) mass is 343 g/mol. The number of amides is 3. The van der Waals surface area contributed by atoms with Crippen molar-refractivity contribution in [1.29, 1.82) is 0 Å². The topological polar surface area (TPSA) is 70.7 Å². The highest BCUT2D eigenvalue weighted by Gasteiger charge is 2.25. The first-order valence-electron chi connectivity index (χ1n) is 7.80. The van der Waals surface area contributed by atoms with Crippen LogP contribution in [0.15, 0.2) is 36.4 Å². The number of anilines is 3. The minimum absolute atomic E-state index is 0.210. The maximum absolute atomic E-state index is 13.3. The number of nitrogens with zero attached hydrogens (tertiary/aromatic N) is 1. The van der Waals surface area contributed by atoms with Gasteiger partial charge in [-0.2, -0.15) is 0 Å². The molecule has 0 aliphatic carbocycles. The van der Waals surface area contributed by atoms with E-state index in [0.717, 1.165) is 5.56 Å². The number of fused-ring (bicyclic) bond motifs is 1. The number of carbonyl (C=O) groups excluding carboxylic acids is 2. The Morgan fingerprint density at radius 2 is 1.96 bits per heavy atom. The number of carbonyl (C=O) groups is 2. The van der Waals surface area contributed by atoms with Gasteiger partial charge in [0.15, 0.2) is 0 Å². The summed E-state index contributed by atoms with van der Waals surface area (Å²) in [6.07, 6.45) is 0.601. The molecule has 2 aromatic carbocycles. The first-order chi connectivity index (χ1) is 12.0. The summed E-state index contributed by atoms with van der Waals surface area (Å²) in [7, 11) is 1.50. The van der Waals surface area contributed by atoms with Gasteiger partial charge in [-0.25, -0.2) is 9.18 Å². The smallest absolute Gasteiger partial charge is 0.326 e. The highest BCUT2D eigenvalue weighted by molar-refractivity contribution is 6.04. The number of urea groups is 1. The molecule has 130 valence electrons. The van der Waals surface area contributed by atoms with E-state index in [1.807, 2.05) is 0 Å². The molecule has 0 fully saturated rings. The lowest BCUT2D eigenvalue weighted by Crippen LogP contribution is -2.33. The highest BCUT2D eigenvalue weighted by Crippen LogP contribution is 2.31. The zero-order chi connectivity index (χ0) is 18.0. The molecular weight excluding hydrogens is 325 g/mol. The second kappa shape index (κ2) is 6.80. The Balaban J connectivity index is 1.83. The van der Waals surface area contributed by atoms with E-state index < -0.39 is 0 Å². The molecule has 0 radical (unpaired) electrons. The minimum Gasteiger partial charge on any atom is -0.495 e. The second-order valence-corrected chi connectivity index (χ2v) is 5.70. The van der Waals surface area contributed by atoms with Crippen molar-refractivity contribution in [3.63, 3.8) is 0 Å². The van der Waals surface area contributed by atoms with E-state index >= 15 is 0 Å². The molecule has 0 spiro atoms. The molecule has 0 aromatic heterocycles.